The predicted molar refractivity (Wildman–Crippen MR) is 48.9 cm³/mol. The van der Waals surface area contributed by atoms with Crippen LogP contribution in [-0.4, -0.2) is 27.1 Å². The lowest BCUT2D eigenvalue weighted by Gasteiger charge is -2.05. The Labute approximate surface area is 79.8 Å². The number of nitrogens with two attached hydrogens (primary N) is 1. The molecular formula is C8H11N3O3. The van der Waals surface area contributed by atoms with Crippen LogP contribution in [0.2, 0.25) is 0 Å². The van der Waals surface area contributed by atoms with Crippen LogP contribution >= 0.6 is 0 Å². The molecule has 1 rings (SSSR count). The number of nitrogens with one attached hydrogen (secondary N) is 1. The standard InChI is InChI=1S/C8H11N3O3/c1-4-10-5(3-7(12)11-4)2-6(9)8(13)14/h3,6H,2,9H2,1H3,(H,13,14)(H,10,11,12). The van der Waals surface area contributed by atoms with Gasteiger partial charge in [-0.3, -0.25) is 9.59 Å². The molecule has 0 aliphatic rings. The molecule has 0 amide bonds. The normalized spacial score (nSPS) is 12.4. The Balaban J connectivity index is 2.87. The van der Waals surface area contributed by atoms with Crippen molar-refractivity contribution in [1.29, 1.82) is 0 Å². The Morgan fingerprint density at radius 1 is 1.79 bits per heavy atom. The summed E-state index contributed by atoms with van der Waals surface area (Å²) in [7, 11) is 0. The number of hydrogen-bond donors (Lipinski definition) is 3. The Kier molecular flexibility index (Phi) is 2.98. The van der Waals surface area contributed by atoms with Crippen molar-refractivity contribution in [2.45, 2.75) is 19.4 Å². The van der Waals surface area contributed by atoms with Gasteiger partial charge in [0.05, 0.1) is 5.69 Å². The van der Waals surface area contributed by atoms with Crippen molar-refractivity contribution >= 4 is 5.97 Å². The van der Waals surface area contributed by atoms with Gasteiger partial charge in [-0.1, -0.05) is 0 Å². The lowest BCUT2D eigenvalue weighted by molar-refractivity contribution is -0.138. The first-order valence-electron chi connectivity index (χ1n) is 4.04. The van der Waals surface area contributed by atoms with E-state index in [4.69, 9.17) is 10.8 Å². The predicted octanol–water partition coefficient (Wildman–Crippen LogP) is -0.967. The van der Waals surface area contributed by atoms with Gasteiger partial charge < -0.3 is 15.8 Å². The summed E-state index contributed by atoms with van der Waals surface area (Å²) >= 11 is 0. The summed E-state index contributed by atoms with van der Waals surface area (Å²) in [6, 6.07) is 0.221. The number of nitrogens with zero attached hydrogens (tertiary/aromatic N) is 1. The molecule has 6 nitrogen and oxygen atoms in total. The third-order valence-corrected chi connectivity index (χ3v) is 1.66. The molecule has 0 bridgehead atoms. The van der Waals surface area contributed by atoms with Crippen LogP contribution in [-0.2, 0) is 11.2 Å². The van der Waals surface area contributed by atoms with Crippen molar-refractivity contribution in [3.05, 3.63) is 27.9 Å². The van der Waals surface area contributed by atoms with Gasteiger partial charge in [-0.2, -0.15) is 0 Å². The molecule has 1 unspecified atom stereocenters. The number of aryl methyl sites for hydroxylation is 1. The molecule has 0 saturated heterocycles. The van der Waals surface area contributed by atoms with Gasteiger partial charge in [0.2, 0.25) is 0 Å². The molecule has 1 heterocycles. The van der Waals surface area contributed by atoms with Crippen molar-refractivity contribution in [2.75, 3.05) is 0 Å². The lowest BCUT2D eigenvalue weighted by Crippen LogP contribution is -2.33. The average Bonchev–Trinajstić information content (AvgIpc) is 2.01. The van der Waals surface area contributed by atoms with E-state index in [1.165, 1.54) is 6.07 Å². The fourth-order valence-electron chi connectivity index (χ4n) is 1.06. The molecule has 14 heavy (non-hydrogen) atoms. The van der Waals surface area contributed by atoms with Gasteiger partial charge in [0.15, 0.2) is 0 Å². The van der Waals surface area contributed by atoms with E-state index in [2.05, 4.69) is 9.97 Å². The minimum Gasteiger partial charge on any atom is -0.480 e. The summed E-state index contributed by atoms with van der Waals surface area (Å²) < 4.78 is 0. The monoisotopic (exact) mass is 197 g/mol. The van der Waals surface area contributed by atoms with Gasteiger partial charge >= 0.3 is 5.97 Å². The van der Waals surface area contributed by atoms with Crippen molar-refractivity contribution in [1.82, 2.24) is 9.97 Å². The summed E-state index contributed by atoms with van der Waals surface area (Å²) in [6.07, 6.45) is 0.0556. The molecule has 1 aromatic rings. The molecule has 6 heteroatoms. The maximum Gasteiger partial charge on any atom is 0.320 e. The van der Waals surface area contributed by atoms with E-state index < -0.39 is 12.0 Å². The molecule has 76 valence electrons. The summed E-state index contributed by atoms with van der Waals surface area (Å²) in [6.45, 7) is 1.62. The number of H-pyrrole nitrogens is 1. The Hall–Kier alpha value is -1.69. The number of aromatic amines is 1. The molecule has 0 aromatic carbocycles. The second kappa shape index (κ2) is 4.01. The minimum atomic E-state index is -1.11. The zero-order valence-electron chi connectivity index (χ0n) is 7.65. The summed E-state index contributed by atoms with van der Waals surface area (Å²) in [5.41, 5.74) is 5.39. The van der Waals surface area contributed by atoms with Crippen molar-refractivity contribution in [3.8, 4) is 0 Å². The van der Waals surface area contributed by atoms with E-state index in [9.17, 15) is 9.59 Å². The van der Waals surface area contributed by atoms with Crippen LogP contribution < -0.4 is 11.3 Å². The van der Waals surface area contributed by atoms with Crippen LogP contribution in [0.3, 0.4) is 0 Å². The molecule has 0 radical (unpaired) electrons. The smallest absolute Gasteiger partial charge is 0.320 e. The molecular weight excluding hydrogens is 186 g/mol. The maximum atomic E-state index is 11.0. The molecule has 4 N–H and O–H groups in total. The maximum absolute atomic E-state index is 11.0. The van der Waals surface area contributed by atoms with Crippen LogP contribution in [0.5, 0.6) is 0 Å². The van der Waals surface area contributed by atoms with Crippen LogP contribution in [0, 0.1) is 6.92 Å². The van der Waals surface area contributed by atoms with E-state index in [-0.39, 0.29) is 12.0 Å². The molecule has 0 aliphatic heterocycles. The van der Waals surface area contributed by atoms with Crippen LogP contribution in [0.15, 0.2) is 10.9 Å². The number of aromatic nitrogens is 2. The van der Waals surface area contributed by atoms with Gasteiger partial charge in [-0.15, -0.1) is 0 Å². The van der Waals surface area contributed by atoms with E-state index >= 15 is 0 Å². The quantitative estimate of drug-likeness (QED) is 0.577. The third kappa shape index (κ3) is 2.67. The highest BCUT2D eigenvalue weighted by Gasteiger charge is 2.13. The first-order valence-corrected chi connectivity index (χ1v) is 4.04. The second-order valence-corrected chi connectivity index (χ2v) is 2.97. The van der Waals surface area contributed by atoms with Crippen molar-refractivity contribution in [3.63, 3.8) is 0 Å². The van der Waals surface area contributed by atoms with Gasteiger partial charge in [0.1, 0.15) is 11.9 Å². The summed E-state index contributed by atoms with van der Waals surface area (Å²) in [5, 5.41) is 8.54. The number of carboxylic acids is 1. The van der Waals surface area contributed by atoms with E-state index in [1.807, 2.05) is 0 Å². The van der Waals surface area contributed by atoms with E-state index in [1.54, 1.807) is 6.92 Å². The molecule has 1 atom stereocenters. The van der Waals surface area contributed by atoms with E-state index in [0.29, 0.717) is 11.5 Å². The Morgan fingerprint density at radius 2 is 2.43 bits per heavy atom. The Morgan fingerprint density at radius 3 is 2.93 bits per heavy atom. The lowest BCUT2D eigenvalue weighted by atomic mass is 10.1. The highest BCUT2D eigenvalue weighted by Crippen LogP contribution is 1.96. The zero-order valence-corrected chi connectivity index (χ0v) is 7.65. The fraction of sp³-hybridized carbons (Fsp3) is 0.375. The third-order valence-electron chi connectivity index (χ3n) is 1.66. The number of rotatable bonds is 3. The van der Waals surface area contributed by atoms with Gasteiger partial charge in [-0.05, 0) is 6.92 Å². The topological polar surface area (TPSA) is 109 Å². The molecule has 0 saturated carbocycles. The highest BCUT2D eigenvalue weighted by atomic mass is 16.4. The largest absolute Gasteiger partial charge is 0.480 e. The van der Waals surface area contributed by atoms with Crippen LogP contribution in [0.25, 0.3) is 0 Å². The molecule has 0 aliphatic carbocycles. The van der Waals surface area contributed by atoms with Crippen LogP contribution in [0.1, 0.15) is 11.5 Å². The van der Waals surface area contributed by atoms with Crippen LogP contribution in [0.4, 0.5) is 0 Å². The fourth-order valence-corrected chi connectivity index (χ4v) is 1.06. The van der Waals surface area contributed by atoms with Gasteiger partial charge in [0, 0.05) is 12.5 Å². The number of carbonyl (C=O) groups is 1. The number of aliphatic carboxylic acids is 1. The first kappa shape index (κ1) is 10.4. The second-order valence-electron chi connectivity index (χ2n) is 2.97. The summed E-state index contributed by atoms with van der Waals surface area (Å²) in [4.78, 5) is 27.8. The molecule has 1 aromatic heterocycles. The molecule has 0 spiro atoms. The van der Waals surface area contributed by atoms with E-state index in [0.717, 1.165) is 0 Å². The first-order chi connectivity index (χ1) is 6.49. The SMILES string of the molecule is Cc1nc(CC(N)C(=O)O)cc(=O)[nH]1. The van der Waals surface area contributed by atoms with Crippen molar-refractivity contribution < 1.29 is 9.90 Å². The number of hydrogen-bond acceptors (Lipinski definition) is 4. The Bertz CT molecular complexity index is 399. The highest BCUT2D eigenvalue weighted by molar-refractivity contribution is 5.73. The molecule has 0 fully saturated rings. The van der Waals surface area contributed by atoms with Gasteiger partial charge in [-0.25, -0.2) is 4.98 Å². The summed E-state index contributed by atoms with van der Waals surface area (Å²) in [5.74, 6) is -0.658. The van der Waals surface area contributed by atoms with Gasteiger partial charge in [0.25, 0.3) is 5.56 Å². The average molecular weight is 197 g/mol. The zero-order chi connectivity index (χ0) is 10.7. The minimum absolute atomic E-state index is 0.0556. The number of carboxylic acid groups (broad SMARTS) is 1. The van der Waals surface area contributed by atoms with Crippen molar-refractivity contribution in [2.24, 2.45) is 5.73 Å².